The minimum Gasteiger partial charge on any atom is -0.368 e. The average molecular weight is 564 g/mol. The zero-order valence-corrected chi connectivity index (χ0v) is 20.2. The molecule has 0 heterocycles. The van der Waals surface area contributed by atoms with Crippen LogP contribution in [0.25, 0.3) is 0 Å². The average Bonchev–Trinajstić information content (AvgIpc) is 2.69. The van der Waals surface area contributed by atoms with E-state index in [9.17, 15) is 9.59 Å². The van der Waals surface area contributed by atoms with Crippen molar-refractivity contribution in [1.82, 2.24) is 16.0 Å². The molecule has 0 fully saturated rings. The quantitative estimate of drug-likeness (QED) is 0.225. The van der Waals surface area contributed by atoms with Gasteiger partial charge in [-0.05, 0) is 42.3 Å². The van der Waals surface area contributed by atoms with Crippen LogP contribution in [0.4, 0.5) is 0 Å². The maximum absolute atomic E-state index is 11.9. The molecule has 7 nitrogen and oxygen atoms in total. The molecule has 0 unspecified atom stereocenters. The fraction of sp³-hybridized carbons (Fsp3) is 0.250. The minimum absolute atomic E-state index is 0. The van der Waals surface area contributed by atoms with E-state index in [1.165, 1.54) is 0 Å². The Hall–Kier alpha value is -2.04. The number of nitrogens with zero attached hydrogens (tertiary/aromatic N) is 1. The van der Waals surface area contributed by atoms with E-state index in [-0.39, 0.29) is 36.4 Å². The van der Waals surface area contributed by atoms with Crippen LogP contribution >= 0.6 is 47.2 Å². The zero-order chi connectivity index (χ0) is 21.2. The Morgan fingerprint density at radius 1 is 1.03 bits per heavy atom. The lowest BCUT2D eigenvalue weighted by atomic mass is 10.1. The first-order chi connectivity index (χ1) is 13.9. The molecule has 2 aromatic carbocycles. The molecule has 5 N–H and O–H groups in total. The molecular formula is C20H24Cl2IN5O2. The first-order valence-corrected chi connectivity index (χ1v) is 9.76. The van der Waals surface area contributed by atoms with Gasteiger partial charge >= 0.3 is 0 Å². The van der Waals surface area contributed by atoms with Gasteiger partial charge in [0.25, 0.3) is 5.91 Å². The highest BCUT2D eigenvalue weighted by Gasteiger charge is 2.07. The predicted molar refractivity (Wildman–Crippen MR) is 132 cm³/mol. The molecule has 10 heteroatoms. The van der Waals surface area contributed by atoms with Gasteiger partial charge in [-0.3, -0.25) is 9.59 Å². The first-order valence-electron chi connectivity index (χ1n) is 9.00. The van der Waals surface area contributed by atoms with Crippen molar-refractivity contribution in [1.29, 1.82) is 0 Å². The molecule has 0 saturated heterocycles. The maximum atomic E-state index is 11.9. The Morgan fingerprint density at radius 2 is 1.73 bits per heavy atom. The van der Waals surface area contributed by atoms with Gasteiger partial charge in [-0.25, -0.2) is 4.99 Å². The fourth-order valence-corrected chi connectivity index (χ4v) is 2.86. The second-order valence-corrected chi connectivity index (χ2v) is 6.97. The highest BCUT2D eigenvalue weighted by Crippen LogP contribution is 2.20. The van der Waals surface area contributed by atoms with E-state index < -0.39 is 5.91 Å². The van der Waals surface area contributed by atoms with Gasteiger partial charge in [0.05, 0.1) is 13.1 Å². The molecule has 0 bridgehead atoms. The van der Waals surface area contributed by atoms with Crippen molar-refractivity contribution in [3.8, 4) is 0 Å². The van der Waals surface area contributed by atoms with Crippen LogP contribution in [0.2, 0.25) is 10.0 Å². The van der Waals surface area contributed by atoms with Crippen molar-refractivity contribution in [3.63, 3.8) is 0 Å². The number of carbonyl (C=O) groups is 2. The number of halogens is 3. The number of hydrogen-bond acceptors (Lipinski definition) is 3. The Balaban J connectivity index is 0.00000450. The first kappa shape index (κ1) is 26.0. The van der Waals surface area contributed by atoms with Crippen LogP contribution in [-0.4, -0.2) is 30.9 Å². The Labute approximate surface area is 202 Å². The summed E-state index contributed by atoms with van der Waals surface area (Å²) in [6, 6.07) is 12.3. The highest BCUT2D eigenvalue weighted by molar-refractivity contribution is 14.0. The second kappa shape index (κ2) is 13.3. The third-order valence-corrected chi connectivity index (χ3v) is 4.45. The third-order valence-electron chi connectivity index (χ3n) is 3.86. The summed E-state index contributed by atoms with van der Waals surface area (Å²) < 4.78 is 0. The second-order valence-electron chi connectivity index (χ2n) is 6.13. The van der Waals surface area contributed by atoms with Crippen molar-refractivity contribution in [2.45, 2.75) is 20.0 Å². The summed E-state index contributed by atoms with van der Waals surface area (Å²) in [5, 5.41) is 10.0. The van der Waals surface area contributed by atoms with E-state index in [0.29, 0.717) is 41.2 Å². The monoisotopic (exact) mass is 563 g/mol. The van der Waals surface area contributed by atoms with Crippen molar-refractivity contribution in [2.75, 3.05) is 13.1 Å². The molecule has 0 saturated carbocycles. The number of hydrogen-bond donors (Lipinski definition) is 4. The molecule has 2 amide bonds. The van der Waals surface area contributed by atoms with Crippen molar-refractivity contribution in [2.24, 2.45) is 10.7 Å². The summed E-state index contributed by atoms with van der Waals surface area (Å²) in [4.78, 5) is 27.2. The molecule has 0 atom stereocenters. The normalized spacial score (nSPS) is 10.7. The number of rotatable bonds is 8. The maximum Gasteiger partial charge on any atom is 0.251 e. The van der Waals surface area contributed by atoms with Gasteiger partial charge < -0.3 is 21.7 Å². The van der Waals surface area contributed by atoms with E-state index >= 15 is 0 Å². The Kier molecular flexibility index (Phi) is 11.5. The standard InChI is InChI=1S/C20H23Cl2N5O2.HI/c1-2-24-20(27-11-15-7-8-16(21)9-17(15)22)26-10-13-3-5-14(6-4-13)19(29)25-12-18(23)28;/h3-9H,2,10-12H2,1H3,(H2,23,28)(H,25,29)(H2,24,26,27);1H. The summed E-state index contributed by atoms with van der Waals surface area (Å²) in [5.74, 6) is -0.303. The molecule has 0 aliphatic heterocycles. The number of nitrogens with two attached hydrogens (primary N) is 1. The molecule has 30 heavy (non-hydrogen) atoms. The van der Waals surface area contributed by atoms with E-state index in [1.807, 2.05) is 25.1 Å². The van der Waals surface area contributed by atoms with Gasteiger partial charge in [-0.1, -0.05) is 41.4 Å². The summed E-state index contributed by atoms with van der Waals surface area (Å²) in [6.07, 6.45) is 0. The van der Waals surface area contributed by atoms with Crippen LogP contribution in [0.3, 0.4) is 0 Å². The SMILES string of the molecule is CCNC(=NCc1ccc(C(=O)NCC(N)=O)cc1)NCc1ccc(Cl)cc1Cl.I. The van der Waals surface area contributed by atoms with Crippen LogP contribution in [-0.2, 0) is 17.9 Å². The smallest absolute Gasteiger partial charge is 0.251 e. The number of aliphatic imine (C=N–C) groups is 1. The van der Waals surface area contributed by atoms with E-state index in [0.717, 1.165) is 11.1 Å². The molecule has 162 valence electrons. The summed E-state index contributed by atoms with van der Waals surface area (Å²) >= 11 is 12.1. The molecule has 0 radical (unpaired) electrons. The van der Waals surface area contributed by atoms with Crippen molar-refractivity contribution >= 4 is 65.0 Å². The molecule has 2 rings (SSSR count). The third kappa shape index (κ3) is 8.76. The molecule has 0 aliphatic carbocycles. The Morgan fingerprint density at radius 3 is 2.33 bits per heavy atom. The van der Waals surface area contributed by atoms with Crippen LogP contribution < -0.4 is 21.7 Å². The van der Waals surface area contributed by atoms with Crippen LogP contribution in [0, 0.1) is 0 Å². The highest BCUT2D eigenvalue weighted by atomic mass is 127. The van der Waals surface area contributed by atoms with E-state index in [1.54, 1.807) is 24.3 Å². The predicted octanol–water partition coefficient (Wildman–Crippen LogP) is 3.08. The number of nitrogens with one attached hydrogen (secondary N) is 3. The fourth-order valence-electron chi connectivity index (χ4n) is 2.39. The van der Waals surface area contributed by atoms with Crippen molar-refractivity contribution < 1.29 is 9.59 Å². The van der Waals surface area contributed by atoms with Gasteiger partial charge in [-0.15, -0.1) is 24.0 Å². The molecule has 2 aromatic rings. The molecule has 0 spiro atoms. The molecule has 0 aromatic heterocycles. The number of guanidine groups is 1. The number of amides is 2. The summed E-state index contributed by atoms with van der Waals surface area (Å²) in [7, 11) is 0. The molecule has 0 aliphatic rings. The number of benzene rings is 2. The van der Waals surface area contributed by atoms with Gasteiger partial charge in [0, 0.05) is 28.7 Å². The van der Waals surface area contributed by atoms with Gasteiger partial charge in [0.1, 0.15) is 0 Å². The van der Waals surface area contributed by atoms with Gasteiger partial charge in [0.2, 0.25) is 5.91 Å². The van der Waals surface area contributed by atoms with E-state index in [2.05, 4.69) is 20.9 Å². The van der Waals surface area contributed by atoms with Crippen LogP contribution in [0.1, 0.15) is 28.4 Å². The largest absolute Gasteiger partial charge is 0.368 e. The summed E-state index contributed by atoms with van der Waals surface area (Å²) in [6.45, 7) is 3.42. The van der Waals surface area contributed by atoms with E-state index in [4.69, 9.17) is 28.9 Å². The molecular weight excluding hydrogens is 540 g/mol. The van der Waals surface area contributed by atoms with Crippen LogP contribution in [0.5, 0.6) is 0 Å². The van der Waals surface area contributed by atoms with Crippen LogP contribution in [0.15, 0.2) is 47.5 Å². The lowest BCUT2D eigenvalue weighted by Gasteiger charge is -2.12. The summed E-state index contributed by atoms with van der Waals surface area (Å²) in [5.41, 5.74) is 7.30. The van der Waals surface area contributed by atoms with Gasteiger partial charge in [-0.2, -0.15) is 0 Å². The number of carbonyl (C=O) groups excluding carboxylic acids is 2. The Bertz CT molecular complexity index is 891. The zero-order valence-electron chi connectivity index (χ0n) is 16.4. The number of primary amides is 1. The minimum atomic E-state index is -0.590. The lowest BCUT2D eigenvalue weighted by molar-refractivity contribution is -0.117. The topological polar surface area (TPSA) is 109 Å². The lowest BCUT2D eigenvalue weighted by Crippen LogP contribution is -2.36. The van der Waals surface area contributed by atoms with Gasteiger partial charge in [0.15, 0.2) is 5.96 Å². The van der Waals surface area contributed by atoms with Crippen molar-refractivity contribution in [3.05, 3.63) is 69.2 Å².